The highest BCUT2D eigenvalue weighted by Gasteiger charge is 2.26. The van der Waals surface area contributed by atoms with Crippen LogP contribution < -0.4 is 15.5 Å². The lowest BCUT2D eigenvalue weighted by Crippen LogP contribution is -2.49. The minimum Gasteiger partial charge on any atom is -0.366 e. The van der Waals surface area contributed by atoms with Gasteiger partial charge >= 0.3 is 0 Å². The van der Waals surface area contributed by atoms with Gasteiger partial charge in [0.15, 0.2) is 0 Å². The minimum absolute atomic E-state index is 0.0245. The normalized spacial score (nSPS) is 16.7. The number of anilines is 2. The number of carbonyl (C=O) groups excluding carboxylic acids is 3. The zero-order chi connectivity index (χ0) is 27.3. The van der Waals surface area contributed by atoms with Gasteiger partial charge in [0, 0.05) is 68.4 Å². The number of benzene rings is 2. The van der Waals surface area contributed by atoms with E-state index < -0.39 is 0 Å². The minimum atomic E-state index is -0.164. The van der Waals surface area contributed by atoms with Crippen molar-refractivity contribution in [3.05, 3.63) is 58.6 Å². The number of amides is 3. The van der Waals surface area contributed by atoms with E-state index in [0.29, 0.717) is 67.5 Å². The van der Waals surface area contributed by atoms with E-state index in [1.165, 1.54) is 0 Å². The van der Waals surface area contributed by atoms with Crippen LogP contribution in [0, 0.1) is 5.41 Å². The van der Waals surface area contributed by atoms with E-state index in [1.807, 2.05) is 42.7 Å². The van der Waals surface area contributed by atoms with E-state index >= 15 is 0 Å². The monoisotopic (exact) mass is 539 g/mol. The van der Waals surface area contributed by atoms with Crippen LogP contribution in [0.4, 0.5) is 11.4 Å². The Bertz CT molecular complexity index is 1160. The molecule has 0 aromatic heterocycles. The van der Waals surface area contributed by atoms with E-state index in [2.05, 4.69) is 15.5 Å². The molecule has 0 spiro atoms. The van der Waals surface area contributed by atoms with Crippen LogP contribution in [0.15, 0.2) is 42.5 Å². The third-order valence-corrected chi connectivity index (χ3v) is 7.05. The molecule has 3 amide bonds. The maximum absolute atomic E-state index is 13.3. The van der Waals surface area contributed by atoms with Crippen LogP contribution in [0.1, 0.15) is 54.3 Å². The van der Waals surface area contributed by atoms with Gasteiger partial charge in [0.25, 0.3) is 11.8 Å². The van der Waals surface area contributed by atoms with E-state index in [-0.39, 0.29) is 23.1 Å². The molecule has 2 aromatic carbocycles. The van der Waals surface area contributed by atoms with Crippen molar-refractivity contribution in [2.24, 2.45) is 5.41 Å². The number of hydrogen-bond acceptors (Lipinski definition) is 5. The SMILES string of the molecule is CC(C)(C)CC(=O)Nc1cc(C(=O)N2CCCNCC2)ccc1N1CCN(C(=O)c2cccc(Cl)c2)CC1. The fourth-order valence-corrected chi connectivity index (χ4v) is 5.10. The molecule has 2 saturated heterocycles. The van der Waals surface area contributed by atoms with Gasteiger partial charge in [0.2, 0.25) is 5.91 Å². The van der Waals surface area contributed by atoms with Crippen LogP contribution in [-0.2, 0) is 4.79 Å². The smallest absolute Gasteiger partial charge is 0.254 e. The third kappa shape index (κ3) is 7.26. The first-order valence-corrected chi connectivity index (χ1v) is 13.7. The zero-order valence-electron chi connectivity index (χ0n) is 22.6. The molecule has 0 atom stereocenters. The Morgan fingerprint density at radius 2 is 1.55 bits per heavy atom. The summed E-state index contributed by atoms with van der Waals surface area (Å²) in [6, 6.07) is 12.6. The maximum atomic E-state index is 13.3. The average Bonchev–Trinajstić information content (AvgIpc) is 3.16. The molecule has 0 aliphatic carbocycles. The van der Waals surface area contributed by atoms with Gasteiger partial charge in [0.1, 0.15) is 0 Å². The number of rotatable bonds is 5. The molecule has 0 radical (unpaired) electrons. The Kier molecular flexibility index (Phi) is 8.95. The number of piperazine rings is 1. The molecule has 8 nitrogen and oxygen atoms in total. The summed E-state index contributed by atoms with van der Waals surface area (Å²) in [6.07, 6.45) is 1.28. The number of hydrogen-bond donors (Lipinski definition) is 2. The van der Waals surface area contributed by atoms with E-state index in [4.69, 9.17) is 11.6 Å². The molecule has 2 aliphatic rings. The van der Waals surface area contributed by atoms with Crippen molar-refractivity contribution >= 4 is 40.7 Å². The molecular formula is C29H38ClN5O3. The molecule has 0 bridgehead atoms. The van der Waals surface area contributed by atoms with Crippen molar-refractivity contribution in [2.75, 3.05) is 62.6 Å². The summed E-state index contributed by atoms with van der Waals surface area (Å²) in [5, 5.41) is 6.95. The summed E-state index contributed by atoms with van der Waals surface area (Å²) in [6.45, 7) is 11.4. The summed E-state index contributed by atoms with van der Waals surface area (Å²) >= 11 is 6.08. The van der Waals surface area contributed by atoms with Crippen molar-refractivity contribution in [3.63, 3.8) is 0 Å². The molecule has 2 fully saturated rings. The number of halogens is 1. The van der Waals surface area contributed by atoms with Gasteiger partial charge in [-0.2, -0.15) is 0 Å². The topological polar surface area (TPSA) is 85.0 Å². The van der Waals surface area contributed by atoms with Crippen LogP contribution >= 0.6 is 11.6 Å². The van der Waals surface area contributed by atoms with Crippen molar-refractivity contribution in [3.8, 4) is 0 Å². The standard InChI is InChI=1S/C29H38ClN5O3/c1-29(2,3)20-26(36)32-24-19-22(28(38)34-12-5-10-31-11-13-34)8-9-25(24)33-14-16-35(17-15-33)27(37)21-6-4-7-23(30)18-21/h4,6-9,18-19,31H,5,10-17,20H2,1-3H3,(H,32,36). The van der Waals surface area contributed by atoms with Crippen LogP contribution in [0.2, 0.25) is 5.02 Å². The summed E-state index contributed by atoms with van der Waals surface area (Å²) in [4.78, 5) is 45.1. The Hall–Kier alpha value is -3.10. The zero-order valence-corrected chi connectivity index (χ0v) is 23.3. The lowest BCUT2D eigenvalue weighted by atomic mass is 9.92. The summed E-state index contributed by atoms with van der Waals surface area (Å²) < 4.78 is 0. The molecule has 2 aliphatic heterocycles. The molecule has 0 unspecified atom stereocenters. The van der Waals surface area contributed by atoms with E-state index in [1.54, 1.807) is 30.3 Å². The molecular weight excluding hydrogens is 502 g/mol. The van der Waals surface area contributed by atoms with Gasteiger partial charge in [-0.15, -0.1) is 0 Å². The fourth-order valence-electron chi connectivity index (χ4n) is 4.91. The maximum Gasteiger partial charge on any atom is 0.254 e. The van der Waals surface area contributed by atoms with Gasteiger partial charge in [0.05, 0.1) is 11.4 Å². The van der Waals surface area contributed by atoms with Crippen LogP contribution in [-0.4, -0.2) is 79.9 Å². The largest absolute Gasteiger partial charge is 0.366 e. The molecule has 2 heterocycles. The Labute approximate surface area is 230 Å². The van der Waals surface area contributed by atoms with Gasteiger partial charge < -0.3 is 25.3 Å². The first-order chi connectivity index (χ1) is 18.1. The quantitative estimate of drug-likeness (QED) is 0.597. The van der Waals surface area contributed by atoms with Gasteiger partial charge in [-0.1, -0.05) is 38.4 Å². The second-order valence-electron chi connectivity index (χ2n) is 11.2. The van der Waals surface area contributed by atoms with Gasteiger partial charge in [-0.3, -0.25) is 14.4 Å². The molecule has 0 saturated carbocycles. The molecule has 2 aromatic rings. The molecule has 9 heteroatoms. The lowest BCUT2D eigenvalue weighted by molar-refractivity contribution is -0.117. The fraction of sp³-hybridized carbons (Fsp3) is 0.483. The van der Waals surface area contributed by atoms with Gasteiger partial charge in [-0.25, -0.2) is 0 Å². The Morgan fingerprint density at radius 1 is 0.868 bits per heavy atom. The predicted molar refractivity (Wildman–Crippen MR) is 152 cm³/mol. The van der Waals surface area contributed by atoms with Crippen molar-refractivity contribution in [2.45, 2.75) is 33.6 Å². The van der Waals surface area contributed by atoms with Crippen molar-refractivity contribution in [1.82, 2.24) is 15.1 Å². The second-order valence-corrected chi connectivity index (χ2v) is 11.6. The van der Waals surface area contributed by atoms with Crippen LogP contribution in [0.3, 0.4) is 0 Å². The summed E-state index contributed by atoms with van der Waals surface area (Å²) in [5.74, 6) is -0.153. The Balaban J connectivity index is 1.52. The summed E-state index contributed by atoms with van der Waals surface area (Å²) in [7, 11) is 0. The van der Waals surface area contributed by atoms with Crippen molar-refractivity contribution < 1.29 is 14.4 Å². The van der Waals surface area contributed by atoms with Gasteiger partial charge in [-0.05, 0) is 54.8 Å². The third-order valence-electron chi connectivity index (χ3n) is 6.81. The molecule has 2 N–H and O–H groups in total. The number of nitrogens with one attached hydrogen (secondary N) is 2. The van der Waals surface area contributed by atoms with E-state index in [0.717, 1.165) is 25.2 Å². The predicted octanol–water partition coefficient (Wildman–Crippen LogP) is 4.11. The highest BCUT2D eigenvalue weighted by molar-refractivity contribution is 6.31. The number of nitrogens with zero attached hydrogens (tertiary/aromatic N) is 3. The number of carbonyl (C=O) groups is 3. The molecule has 204 valence electrons. The van der Waals surface area contributed by atoms with Crippen molar-refractivity contribution in [1.29, 1.82) is 0 Å². The first-order valence-electron chi connectivity index (χ1n) is 13.3. The molecule has 38 heavy (non-hydrogen) atoms. The Morgan fingerprint density at radius 3 is 2.24 bits per heavy atom. The lowest BCUT2D eigenvalue weighted by Gasteiger charge is -2.37. The second kappa shape index (κ2) is 12.2. The average molecular weight is 540 g/mol. The first kappa shape index (κ1) is 27.9. The highest BCUT2D eigenvalue weighted by atomic mass is 35.5. The highest BCUT2D eigenvalue weighted by Crippen LogP contribution is 2.30. The molecule has 4 rings (SSSR count). The van der Waals surface area contributed by atoms with Crippen LogP contribution in [0.25, 0.3) is 0 Å². The van der Waals surface area contributed by atoms with Crippen LogP contribution in [0.5, 0.6) is 0 Å². The van der Waals surface area contributed by atoms with E-state index in [9.17, 15) is 14.4 Å². The summed E-state index contributed by atoms with van der Waals surface area (Å²) in [5.41, 5.74) is 2.47.